The Kier molecular flexibility index (Phi) is 4.95. The SMILES string of the molecule is CCNCC1CCN(C(=O)C2CC2c2cccc(F)c2F)CC1. The predicted octanol–water partition coefficient (Wildman–Crippen LogP) is 2.92. The molecule has 3 rings (SSSR count). The van der Waals surface area contributed by atoms with Gasteiger partial charge in [0.15, 0.2) is 11.6 Å². The van der Waals surface area contributed by atoms with E-state index in [-0.39, 0.29) is 17.7 Å². The van der Waals surface area contributed by atoms with E-state index in [0.717, 1.165) is 45.1 Å². The Morgan fingerprint density at radius 2 is 2.04 bits per heavy atom. The lowest BCUT2D eigenvalue weighted by molar-refractivity contribution is -0.134. The lowest BCUT2D eigenvalue weighted by Crippen LogP contribution is -2.41. The van der Waals surface area contributed by atoms with Gasteiger partial charge in [0.25, 0.3) is 0 Å². The number of hydrogen-bond acceptors (Lipinski definition) is 2. The smallest absolute Gasteiger partial charge is 0.226 e. The van der Waals surface area contributed by atoms with Crippen molar-refractivity contribution in [3.63, 3.8) is 0 Å². The summed E-state index contributed by atoms with van der Waals surface area (Å²) in [6.45, 7) is 5.64. The molecule has 0 radical (unpaired) electrons. The quantitative estimate of drug-likeness (QED) is 0.904. The summed E-state index contributed by atoms with van der Waals surface area (Å²) in [5, 5.41) is 3.36. The molecule has 5 heteroatoms. The Hall–Kier alpha value is -1.49. The van der Waals surface area contributed by atoms with Crippen LogP contribution in [0.5, 0.6) is 0 Å². The third kappa shape index (κ3) is 3.55. The van der Waals surface area contributed by atoms with Crippen LogP contribution in [0, 0.1) is 23.5 Å². The second-order valence-corrected chi connectivity index (χ2v) is 6.67. The minimum absolute atomic E-state index is 0.112. The van der Waals surface area contributed by atoms with E-state index in [1.807, 2.05) is 4.90 Å². The van der Waals surface area contributed by atoms with Crippen LogP contribution in [-0.4, -0.2) is 37.0 Å². The minimum Gasteiger partial charge on any atom is -0.342 e. The fourth-order valence-electron chi connectivity index (χ4n) is 3.56. The van der Waals surface area contributed by atoms with Gasteiger partial charge in [-0.15, -0.1) is 0 Å². The van der Waals surface area contributed by atoms with Crippen LogP contribution in [-0.2, 0) is 4.79 Å². The first-order chi connectivity index (χ1) is 11.1. The van der Waals surface area contributed by atoms with Gasteiger partial charge in [-0.3, -0.25) is 4.79 Å². The summed E-state index contributed by atoms with van der Waals surface area (Å²) < 4.78 is 27.2. The van der Waals surface area contributed by atoms with E-state index in [9.17, 15) is 13.6 Å². The van der Waals surface area contributed by atoms with Crippen LogP contribution in [0.4, 0.5) is 8.78 Å². The average Bonchev–Trinajstić information content (AvgIpc) is 3.36. The number of nitrogens with one attached hydrogen (secondary N) is 1. The van der Waals surface area contributed by atoms with Gasteiger partial charge in [0, 0.05) is 19.0 Å². The zero-order valence-corrected chi connectivity index (χ0v) is 13.5. The second kappa shape index (κ2) is 6.95. The van der Waals surface area contributed by atoms with Crippen LogP contribution in [0.15, 0.2) is 18.2 Å². The highest BCUT2D eigenvalue weighted by Gasteiger charge is 2.47. The summed E-state index contributed by atoms with van der Waals surface area (Å²) in [6, 6.07) is 4.23. The number of benzene rings is 1. The number of amides is 1. The molecule has 1 aromatic rings. The van der Waals surface area contributed by atoms with Gasteiger partial charge in [-0.2, -0.15) is 0 Å². The van der Waals surface area contributed by atoms with E-state index in [1.165, 1.54) is 6.07 Å². The Labute approximate surface area is 136 Å². The molecular weight excluding hydrogens is 298 g/mol. The molecule has 1 aliphatic heterocycles. The molecule has 2 fully saturated rings. The first-order valence-electron chi connectivity index (χ1n) is 8.55. The van der Waals surface area contributed by atoms with Gasteiger partial charge in [-0.25, -0.2) is 8.78 Å². The maximum atomic E-state index is 13.8. The maximum absolute atomic E-state index is 13.8. The van der Waals surface area contributed by atoms with Crippen molar-refractivity contribution in [1.82, 2.24) is 10.2 Å². The number of carbonyl (C=O) groups excluding carboxylic acids is 1. The highest BCUT2D eigenvalue weighted by Crippen LogP contribution is 2.49. The molecule has 1 saturated heterocycles. The van der Waals surface area contributed by atoms with Gasteiger partial charge in [0.05, 0.1) is 0 Å². The van der Waals surface area contributed by atoms with Crippen molar-refractivity contribution in [1.29, 1.82) is 0 Å². The lowest BCUT2D eigenvalue weighted by atomic mass is 9.96. The zero-order chi connectivity index (χ0) is 16.4. The van der Waals surface area contributed by atoms with Gasteiger partial charge in [-0.05, 0) is 55.8 Å². The normalized spacial score (nSPS) is 24.7. The highest BCUT2D eigenvalue weighted by atomic mass is 19.2. The Morgan fingerprint density at radius 3 is 2.74 bits per heavy atom. The van der Waals surface area contributed by atoms with Gasteiger partial charge in [-0.1, -0.05) is 19.1 Å². The molecule has 0 aromatic heterocycles. The molecule has 1 heterocycles. The third-order valence-electron chi connectivity index (χ3n) is 5.10. The van der Waals surface area contributed by atoms with E-state index in [2.05, 4.69) is 12.2 Å². The fourth-order valence-corrected chi connectivity index (χ4v) is 3.56. The number of rotatable bonds is 5. The Morgan fingerprint density at radius 1 is 1.30 bits per heavy atom. The van der Waals surface area contributed by atoms with Gasteiger partial charge >= 0.3 is 0 Å². The second-order valence-electron chi connectivity index (χ2n) is 6.67. The number of piperidine rings is 1. The predicted molar refractivity (Wildman–Crippen MR) is 85.1 cm³/mol. The van der Waals surface area contributed by atoms with E-state index in [4.69, 9.17) is 0 Å². The van der Waals surface area contributed by atoms with Crippen LogP contribution in [0.1, 0.15) is 37.7 Å². The van der Waals surface area contributed by atoms with Gasteiger partial charge < -0.3 is 10.2 Å². The summed E-state index contributed by atoms with van der Waals surface area (Å²) in [4.78, 5) is 14.5. The molecule has 2 atom stereocenters. The molecule has 126 valence electrons. The van der Waals surface area contributed by atoms with Crippen LogP contribution in [0.25, 0.3) is 0 Å². The fraction of sp³-hybridized carbons (Fsp3) is 0.611. The monoisotopic (exact) mass is 322 g/mol. The van der Waals surface area contributed by atoms with Crippen molar-refractivity contribution in [2.24, 2.45) is 11.8 Å². The molecule has 1 N–H and O–H groups in total. The van der Waals surface area contributed by atoms with Crippen molar-refractivity contribution < 1.29 is 13.6 Å². The molecular formula is C18H24F2N2O. The lowest BCUT2D eigenvalue weighted by Gasteiger charge is -2.32. The van der Waals surface area contributed by atoms with Crippen molar-refractivity contribution in [3.05, 3.63) is 35.4 Å². The van der Waals surface area contributed by atoms with E-state index in [0.29, 0.717) is 17.9 Å². The maximum Gasteiger partial charge on any atom is 0.226 e. The summed E-state index contributed by atoms with van der Waals surface area (Å²) in [6.07, 6.45) is 2.67. The number of hydrogen-bond donors (Lipinski definition) is 1. The first-order valence-corrected chi connectivity index (χ1v) is 8.55. The molecule has 3 nitrogen and oxygen atoms in total. The third-order valence-corrected chi connectivity index (χ3v) is 5.10. The largest absolute Gasteiger partial charge is 0.342 e. The molecule has 1 aliphatic carbocycles. The molecule has 23 heavy (non-hydrogen) atoms. The van der Waals surface area contributed by atoms with Crippen molar-refractivity contribution in [2.75, 3.05) is 26.2 Å². The molecule has 1 aromatic carbocycles. The van der Waals surface area contributed by atoms with E-state index in [1.54, 1.807) is 6.07 Å². The standard InChI is InChI=1S/C18H24F2N2O/c1-2-21-11-12-6-8-22(9-7-12)18(23)15-10-14(15)13-4-3-5-16(19)17(13)20/h3-5,12,14-15,21H,2,6-11H2,1H3. The summed E-state index contributed by atoms with van der Waals surface area (Å²) >= 11 is 0. The van der Waals surface area contributed by atoms with Crippen LogP contribution in [0.3, 0.4) is 0 Å². The Balaban J connectivity index is 1.54. The van der Waals surface area contributed by atoms with Gasteiger partial charge in [0.1, 0.15) is 0 Å². The minimum atomic E-state index is -0.829. The van der Waals surface area contributed by atoms with Crippen LogP contribution in [0.2, 0.25) is 0 Å². The molecule has 2 aliphatic rings. The van der Waals surface area contributed by atoms with Crippen molar-refractivity contribution in [2.45, 2.75) is 32.1 Å². The topological polar surface area (TPSA) is 32.3 Å². The zero-order valence-electron chi connectivity index (χ0n) is 13.5. The number of likely N-dealkylation sites (tertiary alicyclic amines) is 1. The van der Waals surface area contributed by atoms with E-state index >= 15 is 0 Å². The number of nitrogens with zero attached hydrogens (tertiary/aromatic N) is 1. The van der Waals surface area contributed by atoms with Crippen LogP contribution >= 0.6 is 0 Å². The average molecular weight is 322 g/mol. The van der Waals surface area contributed by atoms with Gasteiger partial charge in [0.2, 0.25) is 5.91 Å². The number of carbonyl (C=O) groups is 1. The molecule has 1 saturated carbocycles. The number of halogens is 2. The van der Waals surface area contributed by atoms with Crippen molar-refractivity contribution >= 4 is 5.91 Å². The first kappa shape index (κ1) is 16.4. The van der Waals surface area contributed by atoms with E-state index < -0.39 is 11.6 Å². The van der Waals surface area contributed by atoms with Crippen LogP contribution < -0.4 is 5.32 Å². The van der Waals surface area contributed by atoms with Crippen molar-refractivity contribution in [3.8, 4) is 0 Å². The summed E-state index contributed by atoms with van der Waals surface area (Å²) in [7, 11) is 0. The molecule has 2 unspecified atom stereocenters. The highest BCUT2D eigenvalue weighted by molar-refractivity contribution is 5.83. The molecule has 1 amide bonds. The molecule has 0 spiro atoms. The summed E-state index contributed by atoms with van der Waals surface area (Å²) in [5.41, 5.74) is 0.352. The molecule has 0 bridgehead atoms. The summed E-state index contributed by atoms with van der Waals surface area (Å²) in [5.74, 6) is -1.20. The Bertz CT molecular complexity index is 570.